The molecule has 5 N–H and O–H groups in total. The van der Waals surface area contributed by atoms with Crippen molar-refractivity contribution < 1.29 is 9.84 Å². The number of aromatic amines is 1. The molecule has 4 aromatic rings. The maximum atomic E-state index is 9.78. The number of rotatable bonds is 7. The highest BCUT2D eigenvalue weighted by molar-refractivity contribution is 6.34. The highest BCUT2D eigenvalue weighted by atomic mass is 35.5. The Morgan fingerprint density at radius 3 is 2.72 bits per heavy atom. The summed E-state index contributed by atoms with van der Waals surface area (Å²) in [6.45, 7) is 5.99. The van der Waals surface area contributed by atoms with Gasteiger partial charge in [0, 0.05) is 17.3 Å². The summed E-state index contributed by atoms with van der Waals surface area (Å²) in [4.78, 5) is 20.1. The van der Waals surface area contributed by atoms with E-state index in [4.69, 9.17) is 22.1 Å². The van der Waals surface area contributed by atoms with Gasteiger partial charge in [-0.05, 0) is 32.9 Å². The number of H-pyrrole nitrogens is 1. The normalized spacial score (nSPS) is 13.2. The van der Waals surface area contributed by atoms with Gasteiger partial charge in [-0.1, -0.05) is 17.7 Å². The number of aliphatic hydroxyl groups is 1. The summed E-state index contributed by atoms with van der Waals surface area (Å²) >= 11 is 6.54. The second-order valence-corrected chi connectivity index (χ2v) is 7.74. The van der Waals surface area contributed by atoms with Crippen molar-refractivity contribution in [2.75, 3.05) is 17.7 Å². The van der Waals surface area contributed by atoms with Gasteiger partial charge in [-0.15, -0.1) is 0 Å². The number of aromatic nitrogens is 5. The Morgan fingerprint density at radius 1 is 1.22 bits per heavy atom. The Kier molecular flexibility index (Phi) is 6.11. The van der Waals surface area contributed by atoms with Crippen molar-refractivity contribution in [1.82, 2.24) is 24.9 Å². The molecule has 9 nitrogen and oxygen atoms in total. The van der Waals surface area contributed by atoms with Crippen LogP contribution in [0.4, 0.5) is 11.5 Å². The molecule has 0 aliphatic heterocycles. The van der Waals surface area contributed by atoms with E-state index >= 15 is 0 Å². The molecule has 166 valence electrons. The lowest BCUT2D eigenvalue weighted by atomic mass is 9.96. The van der Waals surface area contributed by atoms with Gasteiger partial charge in [-0.3, -0.25) is 4.98 Å². The Labute approximate surface area is 190 Å². The van der Waals surface area contributed by atoms with Crippen LogP contribution in [0.15, 0.2) is 37.1 Å². The van der Waals surface area contributed by atoms with Crippen LogP contribution < -0.4 is 15.8 Å². The number of imidazole rings is 1. The third kappa shape index (κ3) is 4.04. The van der Waals surface area contributed by atoms with Gasteiger partial charge in [0.2, 0.25) is 0 Å². The lowest BCUT2D eigenvalue weighted by molar-refractivity contribution is 0.194. The summed E-state index contributed by atoms with van der Waals surface area (Å²) in [5.74, 6) is 1.22. The molecule has 1 aromatic carbocycles. The molecule has 2 atom stereocenters. The van der Waals surface area contributed by atoms with E-state index in [1.165, 1.54) is 6.33 Å². The molecule has 0 aliphatic rings. The first-order chi connectivity index (χ1) is 15.4. The molecule has 2 unspecified atom stereocenters. The number of fused-ring (bicyclic) bond motifs is 1. The molecule has 0 spiro atoms. The van der Waals surface area contributed by atoms with Crippen LogP contribution in [0.2, 0.25) is 5.02 Å². The van der Waals surface area contributed by atoms with Crippen molar-refractivity contribution >= 4 is 34.3 Å². The number of nitrogen functional groups attached to an aromatic ring is 1. The summed E-state index contributed by atoms with van der Waals surface area (Å²) in [5, 5.41) is 13.6. The van der Waals surface area contributed by atoms with E-state index in [0.29, 0.717) is 51.3 Å². The second-order valence-electron chi connectivity index (χ2n) is 7.34. The summed E-state index contributed by atoms with van der Waals surface area (Å²) < 4.78 is 6.06. The molecule has 0 saturated heterocycles. The smallest absolute Gasteiger partial charge is 0.182 e. The molecule has 0 aliphatic carbocycles. The number of ether oxygens (including phenoxy) is 1. The minimum absolute atomic E-state index is 0.237. The van der Waals surface area contributed by atoms with Crippen molar-refractivity contribution in [2.24, 2.45) is 0 Å². The number of hydrogen-bond donors (Lipinski definition) is 4. The first-order valence-corrected chi connectivity index (χ1v) is 10.6. The quantitative estimate of drug-likeness (QED) is 0.304. The topological polar surface area (TPSA) is 135 Å². The SMILES string of the molecule is CCOc1c(C(C)Nc2ncnc3nc[nH]c23)cc(Cl)c(N)c1-c1ccc(C(C)O)nc1. The number of nitrogens with two attached hydrogens (primary N) is 1. The molecular formula is C22H24ClN7O2. The molecule has 10 heteroatoms. The maximum absolute atomic E-state index is 9.78. The molecule has 0 radical (unpaired) electrons. The van der Waals surface area contributed by atoms with E-state index in [1.807, 2.05) is 19.9 Å². The maximum Gasteiger partial charge on any atom is 0.182 e. The molecule has 4 rings (SSSR count). The highest BCUT2D eigenvalue weighted by Crippen LogP contribution is 2.45. The van der Waals surface area contributed by atoms with Crippen LogP contribution >= 0.6 is 11.6 Å². The van der Waals surface area contributed by atoms with Crippen molar-refractivity contribution in [3.05, 3.63) is 53.3 Å². The van der Waals surface area contributed by atoms with Crippen LogP contribution in [0.5, 0.6) is 5.75 Å². The van der Waals surface area contributed by atoms with Gasteiger partial charge >= 0.3 is 0 Å². The van der Waals surface area contributed by atoms with Gasteiger partial charge in [0.1, 0.15) is 17.6 Å². The van der Waals surface area contributed by atoms with Gasteiger partial charge in [-0.25, -0.2) is 15.0 Å². The molecule has 0 saturated carbocycles. The molecule has 0 bridgehead atoms. The summed E-state index contributed by atoms with van der Waals surface area (Å²) in [5.41, 5.74) is 10.8. The second kappa shape index (κ2) is 8.97. The number of anilines is 2. The van der Waals surface area contributed by atoms with Crippen LogP contribution in [0.3, 0.4) is 0 Å². The minimum Gasteiger partial charge on any atom is -0.493 e. The lowest BCUT2D eigenvalue weighted by Gasteiger charge is -2.23. The monoisotopic (exact) mass is 453 g/mol. The van der Waals surface area contributed by atoms with E-state index in [1.54, 1.807) is 31.6 Å². The van der Waals surface area contributed by atoms with E-state index in [-0.39, 0.29) is 6.04 Å². The number of nitrogens with one attached hydrogen (secondary N) is 2. The molecule has 32 heavy (non-hydrogen) atoms. The van der Waals surface area contributed by atoms with Crippen LogP contribution in [0.1, 0.15) is 44.2 Å². The Morgan fingerprint density at radius 2 is 2.03 bits per heavy atom. The average Bonchev–Trinajstić information content (AvgIpc) is 3.26. The largest absolute Gasteiger partial charge is 0.493 e. The van der Waals surface area contributed by atoms with E-state index in [2.05, 4.69) is 30.2 Å². The number of nitrogens with zero attached hydrogens (tertiary/aromatic N) is 4. The fourth-order valence-electron chi connectivity index (χ4n) is 3.53. The number of pyridine rings is 1. The third-order valence-electron chi connectivity index (χ3n) is 5.13. The average molecular weight is 454 g/mol. The van der Waals surface area contributed by atoms with Crippen LogP contribution in [-0.2, 0) is 0 Å². The fraction of sp³-hybridized carbons (Fsp3) is 0.273. The highest BCUT2D eigenvalue weighted by Gasteiger charge is 2.23. The van der Waals surface area contributed by atoms with Crippen LogP contribution in [-0.4, -0.2) is 36.6 Å². The standard InChI is InChI=1S/C22H24ClN7O2/c1-4-32-20-14(11(2)30-22-19-21(27-9-26-19)28-10-29-22)7-15(23)18(24)17(20)13-5-6-16(12(3)31)25-8-13/h5-12,31H,4,24H2,1-3H3,(H2,26,27,28,29,30). The Balaban J connectivity index is 1.80. The van der Waals surface area contributed by atoms with Crippen LogP contribution in [0.25, 0.3) is 22.3 Å². The van der Waals surface area contributed by atoms with Gasteiger partial charge in [0.25, 0.3) is 0 Å². The number of benzene rings is 1. The Hall–Kier alpha value is -3.43. The predicted octanol–water partition coefficient (Wildman–Crippen LogP) is 4.28. The summed E-state index contributed by atoms with van der Waals surface area (Å²) in [6, 6.07) is 5.17. The zero-order valence-electron chi connectivity index (χ0n) is 17.9. The lowest BCUT2D eigenvalue weighted by Crippen LogP contribution is -2.12. The molecular weight excluding hydrogens is 430 g/mol. The van der Waals surface area contributed by atoms with E-state index < -0.39 is 6.10 Å². The molecule has 3 aromatic heterocycles. The van der Waals surface area contributed by atoms with E-state index in [0.717, 1.165) is 11.1 Å². The fourth-order valence-corrected chi connectivity index (χ4v) is 3.74. The number of aliphatic hydroxyl groups excluding tert-OH is 1. The summed E-state index contributed by atoms with van der Waals surface area (Å²) in [6.07, 6.45) is 4.02. The van der Waals surface area contributed by atoms with Crippen molar-refractivity contribution in [3.63, 3.8) is 0 Å². The first kappa shape index (κ1) is 21.8. The van der Waals surface area contributed by atoms with Crippen molar-refractivity contribution in [1.29, 1.82) is 0 Å². The molecule has 3 heterocycles. The van der Waals surface area contributed by atoms with Crippen LogP contribution in [0, 0.1) is 0 Å². The zero-order chi connectivity index (χ0) is 22.8. The third-order valence-corrected chi connectivity index (χ3v) is 5.45. The number of hydrogen-bond acceptors (Lipinski definition) is 8. The van der Waals surface area contributed by atoms with Gasteiger partial charge < -0.3 is 25.9 Å². The Bertz CT molecular complexity index is 1240. The van der Waals surface area contributed by atoms with Gasteiger partial charge in [0.15, 0.2) is 11.5 Å². The van der Waals surface area contributed by atoms with Gasteiger partial charge in [-0.2, -0.15) is 0 Å². The predicted molar refractivity (Wildman–Crippen MR) is 125 cm³/mol. The van der Waals surface area contributed by atoms with E-state index in [9.17, 15) is 5.11 Å². The number of halogens is 1. The van der Waals surface area contributed by atoms with Crippen molar-refractivity contribution in [2.45, 2.75) is 32.9 Å². The zero-order valence-corrected chi connectivity index (χ0v) is 18.7. The molecule has 0 fully saturated rings. The van der Waals surface area contributed by atoms with Gasteiger partial charge in [0.05, 0.1) is 47.0 Å². The minimum atomic E-state index is -0.668. The molecule has 0 amide bonds. The van der Waals surface area contributed by atoms with Crippen molar-refractivity contribution in [3.8, 4) is 16.9 Å². The summed E-state index contributed by atoms with van der Waals surface area (Å²) in [7, 11) is 0. The first-order valence-electron chi connectivity index (χ1n) is 10.2.